The van der Waals surface area contributed by atoms with Crippen molar-refractivity contribution in [1.29, 1.82) is 0 Å². The van der Waals surface area contributed by atoms with Crippen molar-refractivity contribution in [3.05, 3.63) is 52.0 Å². The van der Waals surface area contributed by atoms with Gasteiger partial charge in [0.2, 0.25) is 0 Å². The van der Waals surface area contributed by atoms with E-state index in [2.05, 4.69) is 15.3 Å². The Bertz CT molecular complexity index is 524. The number of aromatic amines is 1. The average Bonchev–Trinajstić information content (AvgIpc) is 2.22. The molecular weight excluding hydrogens is 214 g/mol. The number of nitrogens with zero attached hydrogens (tertiary/aromatic N) is 1. The summed E-state index contributed by atoms with van der Waals surface area (Å²) >= 11 is 5.94. The predicted molar refractivity (Wildman–Crippen MR) is 59.6 cm³/mol. The molecule has 0 fully saturated rings. The third-order valence-corrected chi connectivity index (χ3v) is 2.15. The van der Waals surface area contributed by atoms with E-state index in [1.54, 1.807) is 12.1 Å². The van der Waals surface area contributed by atoms with Crippen LogP contribution < -0.4 is 11.0 Å². The summed E-state index contributed by atoms with van der Waals surface area (Å²) in [7, 11) is 0. The van der Waals surface area contributed by atoms with Crippen molar-refractivity contribution < 1.29 is 0 Å². The molecule has 0 saturated carbocycles. The number of para-hydroxylation sites is 1. The lowest BCUT2D eigenvalue weighted by molar-refractivity contribution is 1.08. The molecule has 0 radical (unpaired) electrons. The normalized spacial score (nSPS) is 9.93. The number of anilines is 2. The van der Waals surface area contributed by atoms with Gasteiger partial charge in [-0.1, -0.05) is 23.7 Å². The summed E-state index contributed by atoms with van der Waals surface area (Å²) in [6, 6.07) is 8.94. The lowest BCUT2D eigenvalue weighted by Gasteiger charge is -2.06. The number of rotatable bonds is 2. The fourth-order valence-electron chi connectivity index (χ4n) is 1.15. The van der Waals surface area contributed by atoms with Gasteiger partial charge in [0, 0.05) is 6.20 Å². The van der Waals surface area contributed by atoms with E-state index in [0.29, 0.717) is 10.8 Å². The first-order chi connectivity index (χ1) is 7.25. The lowest BCUT2D eigenvalue weighted by atomic mass is 10.3. The molecule has 1 aromatic carbocycles. The molecule has 15 heavy (non-hydrogen) atoms. The second-order valence-corrected chi connectivity index (χ2v) is 3.30. The highest BCUT2D eigenvalue weighted by Gasteiger charge is 1.99. The van der Waals surface area contributed by atoms with Gasteiger partial charge in [-0.25, -0.2) is 9.78 Å². The quantitative estimate of drug-likeness (QED) is 0.817. The Balaban J connectivity index is 2.30. The molecule has 0 spiro atoms. The minimum atomic E-state index is -0.396. The van der Waals surface area contributed by atoms with E-state index in [9.17, 15) is 4.79 Å². The minimum absolute atomic E-state index is 0.396. The molecule has 0 amide bonds. The third kappa shape index (κ3) is 2.35. The molecule has 1 aromatic heterocycles. The largest absolute Gasteiger partial charge is 0.346 e. The first kappa shape index (κ1) is 9.73. The molecule has 0 aliphatic carbocycles. The van der Waals surface area contributed by atoms with Gasteiger partial charge in [0.05, 0.1) is 10.7 Å². The Morgan fingerprint density at radius 2 is 2.07 bits per heavy atom. The number of hydrogen-bond donors (Lipinski definition) is 2. The summed E-state index contributed by atoms with van der Waals surface area (Å²) in [6.45, 7) is 0. The van der Waals surface area contributed by atoms with E-state index in [0.717, 1.165) is 5.69 Å². The van der Waals surface area contributed by atoms with E-state index in [1.807, 2.05) is 18.2 Å². The summed E-state index contributed by atoms with van der Waals surface area (Å²) in [5, 5.41) is 3.58. The molecule has 0 atom stereocenters. The highest BCUT2D eigenvalue weighted by Crippen LogP contribution is 2.22. The number of hydrogen-bond acceptors (Lipinski definition) is 3. The predicted octanol–water partition coefficient (Wildman–Crippen LogP) is 2.17. The first-order valence-corrected chi connectivity index (χ1v) is 4.70. The van der Waals surface area contributed by atoms with Crippen molar-refractivity contribution in [3.63, 3.8) is 0 Å². The van der Waals surface area contributed by atoms with Crippen molar-refractivity contribution in [3.8, 4) is 0 Å². The van der Waals surface area contributed by atoms with Crippen LogP contribution in [-0.4, -0.2) is 9.97 Å². The second-order valence-electron chi connectivity index (χ2n) is 2.89. The summed E-state index contributed by atoms with van der Waals surface area (Å²) in [6.07, 6.45) is 1.43. The Labute approximate surface area is 90.9 Å². The van der Waals surface area contributed by atoms with E-state index >= 15 is 0 Å². The summed E-state index contributed by atoms with van der Waals surface area (Å²) in [4.78, 5) is 17.0. The highest BCUT2D eigenvalue weighted by atomic mass is 35.5. The molecule has 2 aromatic rings. The van der Waals surface area contributed by atoms with E-state index in [1.165, 1.54) is 6.20 Å². The van der Waals surface area contributed by atoms with Crippen LogP contribution in [0.4, 0.5) is 11.5 Å². The zero-order chi connectivity index (χ0) is 10.7. The topological polar surface area (TPSA) is 57.8 Å². The van der Waals surface area contributed by atoms with Crippen LogP contribution in [-0.2, 0) is 0 Å². The Kier molecular flexibility index (Phi) is 2.69. The SMILES string of the molecule is O=c1nccc(Nc2ccccc2Cl)[nH]1. The molecule has 0 aliphatic heterocycles. The van der Waals surface area contributed by atoms with Crippen LogP contribution in [0.2, 0.25) is 5.02 Å². The van der Waals surface area contributed by atoms with Crippen molar-refractivity contribution in [2.75, 3.05) is 5.32 Å². The fraction of sp³-hybridized carbons (Fsp3) is 0. The molecule has 4 nitrogen and oxygen atoms in total. The number of halogens is 1. The molecular formula is C10H8ClN3O. The van der Waals surface area contributed by atoms with Crippen LogP contribution in [0.15, 0.2) is 41.3 Å². The van der Waals surface area contributed by atoms with Crippen LogP contribution in [0.1, 0.15) is 0 Å². The highest BCUT2D eigenvalue weighted by molar-refractivity contribution is 6.33. The molecule has 0 bridgehead atoms. The maximum absolute atomic E-state index is 10.9. The van der Waals surface area contributed by atoms with E-state index < -0.39 is 5.69 Å². The summed E-state index contributed by atoms with van der Waals surface area (Å²) in [5.41, 5.74) is 0.341. The van der Waals surface area contributed by atoms with Crippen LogP contribution in [0, 0.1) is 0 Å². The second kappa shape index (κ2) is 4.14. The summed E-state index contributed by atoms with van der Waals surface area (Å²) in [5.74, 6) is 0.558. The Morgan fingerprint density at radius 3 is 2.80 bits per heavy atom. The van der Waals surface area contributed by atoms with Gasteiger partial charge in [0.1, 0.15) is 5.82 Å². The maximum Gasteiger partial charge on any atom is 0.346 e. The molecule has 5 heteroatoms. The van der Waals surface area contributed by atoms with E-state index in [-0.39, 0.29) is 0 Å². The molecule has 0 unspecified atom stereocenters. The molecule has 2 N–H and O–H groups in total. The monoisotopic (exact) mass is 221 g/mol. The van der Waals surface area contributed by atoms with Crippen LogP contribution >= 0.6 is 11.6 Å². The van der Waals surface area contributed by atoms with E-state index in [4.69, 9.17) is 11.6 Å². The minimum Gasteiger partial charge on any atom is -0.340 e. The van der Waals surface area contributed by atoms with Crippen LogP contribution in [0.5, 0.6) is 0 Å². The van der Waals surface area contributed by atoms with Gasteiger partial charge < -0.3 is 5.32 Å². The molecule has 76 valence electrons. The zero-order valence-corrected chi connectivity index (χ0v) is 8.45. The van der Waals surface area contributed by atoms with Crippen molar-refractivity contribution in [1.82, 2.24) is 9.97 Å². The Morgan fingerprint density at radius 1 is 1.27 bits per heavy atom. The van der Waals surface area contributed by atoms with Crippen LogP contribution in [0.3, 0.4) is 0 Å². The number of H-pyrrole nitrogens is 1. The summed E-state index contributed by atoms with van der Waals surface area (Å²) < 4.78 is 0. The van der Waals surface area contributed by atoms with Gasteiger partial charge in [-0.3, -0.25) is 4.98 Å². The maximum atomic E-state index is 10.9. The zero-order valence-electron chi connectivity index (χ0n) is 7.70. The molecule has 0 aliphatic rings. The standard InChI is InChI=1S/C10H8ClN3O/c11-7-3-1-2-4-8(7)13-9-5-6-12-10(15)14-9/h1-6H,(H2,12,13,14,15). The molecule has 2 rings (SSSR count). The van der Waals surface area contributed by atoms with Gasteiger partial charge >= 0.3 is 5.69 Å². The average molecular weight is 222 g/mol. The first-order valence-electron chi connectivity index (χ1n) is 4.32. The van der Waals surface area contributed by atoms with Gasteiger partial charge in [0.25, 0.3) is 0 Å². The Hall–Kier alpha value is -1.81. The van der Waals surface area contributed by atoms with Crippen molar-refractivity contribution in [2.24, 2.45) is 0 Å². The van der Waals surface area contributed by atoms with Crippen molar-refractivity contribution >= 4 is 23.1 Å². The lowest BCUT2D eigenvalue weighted by Crippen LogP contribution is -2.10. The third-order valence-electron chi connectivity index (χ3n) is 1.82. The fourth-order valence-corrected chi connectivity index (χ4v) is 1.33. The number of aromatic nitrogens is 2. The molecule has 1 heterocycles. The van der Waals surface area contributed by atoms with Gasteiger partial charge in [-0.05, 0) is 18.2 Å². The van der Waals surface area contributed by atoms with Gasteiger partial charge in [0.15, 0.2) is 0 Å². The number of benzene rings is 1. The van der Waals surface area contributed by atoms with Gasteiger partial charge in [-0.2, -0.15) is 0 Å². The molecule has 0 saturated heterocycles. The van der Waals surface area contributed by atoms with Crippen LogP contribution in [0.25, 0.3) is 0 Å². The van der Waals surface area contributed by atoms with Crippen molar-refractivity contribution in [2.45, 2.75) is 0 Å². The van der Waals surface area contributed by atoms with Gasteiger partial charge in [-0.15, -0.1) is 0 Å². The smallest absolute Gasteiger partial charge is 0.340 e. The number of nitrogens with one attached hydrogen (secondary N) is 2.